The number of ketones is 1. The Morgan fingerprint density at radius 3 is 2.46 bits per heavy atom. The summed E-state index contributed by atoms with van der Waals surface area (Å²) in [6, 6.07) is 5.80. The van der Waals surface area contributed by atoms with E-state index in [2.05, 4.69) is 15.2 Å². The highest BCUT2D eigenvalue weighted by atomic mass is 16.3. The number of aliphatic hydroxyl groups is 1. The summed E-state index contributed by atoms with van der Waals surface area (Å²) in [5, 5.41) is 18.3. The van der Waals surface area contributed by atoms with Crippen LogP contribution >= 0.6 is 0 Å². The van der Waals surface area contributed by atoms with Crippen LogP contribution in [-0.2, 0) is 11.8 Å². The Balaban J connectivity index is 1.41. The fourth-order valence-corrected chi connectivity index (χ4v) is 6.04. The standard InChI is InChI=1S/C26H28N8O3/c1-14(36)23-24(16-9-17-4-5-18(10-16)33(17)22(37)13-35)30-26-19(12-29-34(26)25(23)27)15-3-6-20(28-11-15)21-7-8-32(2)31-21/h3,6-8,11-12,16-18,35H,4-5,9-10,13,27H2,1-2H3/t17-,18-/m1/s1. The summed E-state index contributed by atoms with van der Waals surface area (Å²) in [5.41, 5.74) is 11.3. The van der Waals surface area contributed by atoms with Gasteiger partial charge in [0, 0.05) is 48.6 Å². The van der Waals surface area contributed by atoms with Crippen LogP contribution < -0.4 is 5.73 Å². The number of aryl methyl sites for hydroxylation is 1. The minimum absolute atomic E-state index is 0.0233. The van der Waals surface area contributed by atoms with Crippen molar-refractivity contribution >= 4 is 23.2 Å². The van der Waals surface area contributed by atoms with E-state index in [-0.39, 0.29) is 35.5 Å². The maximum Gasteiger partial charge on any atom is 0.248 e. The summed E-state index contributed by atoms with van der Waals surface area (Å²) in [6.07, 6.45) is 8.43. The molecule has 0 radical (unpaired) electrons. The topological polar surface area (TPSA) is 145 Å². The van der Waals surface area contributed by atoms with Crippen molar-refractivity contribution in [3.8, 4) is 22.5 Å². The molecule has 11 nitrogen and oxygen atoms in total. The molecule has 4 aromatic heterocycles. The number of Topliss-reactive ketones (excluding diaryl/α,β-unsaturated/α-hetero) is 1. The lowest BCUT2D eigenvalue weighted by atomic mass is 9.85. The summed E-state index contributed by atoms with van der Waals surface area (Å²) in [5.74, 6) is -0.168. The number of anilines is 1. The quantitative estimate of drug-likeness (QED) is 0.397. The number of nitrogen functional groups attached to an aromatic ring is 1. The molecule has 2 bridgehead atoms. The second-order valence-electron chi connectivity index (χ2n) is 9.93. The number of carbonyl (C=O) groups is 2. The van der Waals surface area contributed by atoms with E-state index in [4.69, 9.17) is 10.7 Å². The van der Waals surface area contributed by atoms with Crippen molar-refractivity contribution in [3.05, 3.63) is 48.0 Å². The van der Waals surface area contributed by atoms with Crippen molar-refractivity contribution < 1.29 is 14.7 Å². The minimum atomic E-state index is -0.486. The molecule has 0 aromatic carbocycles. The predicted molar refractivity (Wildman–Crippen MR) is 136 cm³/mol. The van der Waals surface area contributed by atoms with Gasteiger partial charge in [-0.3, -0.25) is 19.3 Å². The van der Waals surface area contributed by atoms with Gasteiger partial charge in [0.2, 0.25) is 5.91 Å². The van der Waals surface area contributed by atoms with Crippen LogP contribution in [0.25, 0.3) is 28.2 Å². The normalized spacial score (nSPS) is 21.1. The van der Waals surface area contributed by atoms with Crippen molar-refractivity contribution in [2.24, 2.45) is 7.05 Å². The highest BCUT2D eigenvalue weighted by Gasteiger charge is 2.44. The zero-order valence-corrected chi connectivity index (χ0v) is 20.7. The SMILES string of the molecule is CC(=O)c1c(C2C[C@H]3CC[C@H](C2)N3C(=O)CO)nc2c(-c3ccc(-c4ccn(C)n4)nc3)cnn2c1N. The molecule has 2 saturated heterocycles. The molecule has 1 amide bonds. The van der Waals surface area contributed by atoms with E-state index in [9.17, 15) is 14.7 Å². The van der Waals surface area contributed by atoms with E-state index in [1.54, 1.807) is 17.1 Å². The number of carbonyl (C=O) groups excluding carboxylic acids is 2. The van der Waals surface area contributed by atoms with Gasteiger partial charge < -0.3 is 15.7 Å². The van der Waals surface area contributed by atoms with Gasteiger partial charge in [0.1, 0.15) is 18.1 Å². The van der Waals surface area contributed by atoms with E-state index in [0.717, 1.165) is 35.4 Å². The van der Waals surface area contributed by atoms with Crippen LogP contribution in [0, 0.1) is 0 Å². The Bertz CT molecular complexity index is 1510. The zero-order valence-electron chi connectivity index (χ0n) is 20.7. The number of piperidine rings is 1. The highest BCUT2D eigenvalue weighted by Crippen LogP contribution is 2.44. The Labute approximate surface area is 212 Å². The predicted octanol–water partition coefficient (Wildman–Crippen LogP) is 2.21. The lowest BCUT2D eigenvalue weighted by Gasteiger charge is -2.39. The first-order valence-corrected chi connectivity index (χ1v) is 12.4. The van der Waals surface area contributed by atoms with Crippen LogP contribution in [0.2, 0.25) is 0 Å². The van der Waals surface area contributed by atoms with Gasteiger partial charge in [-0.15, -0.1) is 0 Å². The number of aliphatic hydroxyl groups excluding tert-OH is 1. The summed E-state index contributed by atoms with van der Waals surface area (Å²) >= 11 is 0. The Morgan fingerprint density at radius 2 is 1.86 bits per heavy atom. The number of rotatable bonds is 5. The van der Waals surface area contributed by atoms with Gasteiger partial charge in [-0.1, -0.05) is 6.07 Å². The summed E-state index contributed by atoms with van der Waals surface area (Å²) in [4.78, 5) is 36.5. The molecular weight excluding hydrogens is 472 g/mol. The number of nitrogens with two attached hydrogens (primary N) is 1. The third kappa shape index (κ3) is 3.77. The van der Waals surface area contributed by atoms with E-state index >= 15 is 0 Å². The molecule has 2 fully saturated rings. The monoisotopic (exact) mass is 500 g/mol. The molecule has 11 heteroatoms. The summed E-state index contributed by atoms with van der Waals surface area (Å²) in [7, 11) is 1.86. The molecular formula is C26H28N8O3. The molecule has 190 valence electrons. The van der Waals surface area contributed by atoms with Crippen LogP contribution in [0.1, 0.15) is 54.6 Å². The van der Waals surface area contributed by atoms with E-state index in [1.165, 1.54) is 11.4 Å². The first kappa shape index (κ1) is 23.3. The Hall–Kier alpha value is -4.12. The molecule has 0 aliphatic carbocycles. The van der Waals surface area contributed by atoms with Gasteiger partial charge in [-0.05, 0) is 44.7 Å². The largest absolute Gasteiger partial charge is 0.387 e. The molecule has 2 aliphatic rings. The minimum Gasteiger partial charge on any atom is -0.387 e. The van der Waals surface area contributed by atoms with Crippen molar-refractivity contribution in [2.75, 3.05) is 12.3 Å². The van der Waals surface area contributed by atoms with Crippen molar-refractivity contribution in [2.45, 2.75) is 50.6 Å². The van der Waals surface area contributed by atoms with Gasteiger partial charge in [0.05, 0.1) is 23.1 Å². The highest BCUT2D eigenvalue weighted by molar-refractivity contribution is 6.00. The third-order valence-electron chi connectivity index (χ3n) is 7.66. The van der Waals surface area contributed by atoms with E-state index in [0.29, 0.717) is 29.7 Å². The molecule has 2 atom stereocenters. The lowest BCUT2D eigenvalue weighted by Crippen LogP contribution is -2.47. The van der Waals surface area contributed by atoms with Crippen LogP contribution in [0.15, 0.2) is 36.8 Å². The number of hydrogen-bond acceptors (Lipinski definition) is 8. The number of hydrogen-bond donors (Lipinski definition) is 2. The lowest BCUT2D eigenvalue weighted by molar-refractivity contribution is -0.138. The van der Waals surface area contributed by atoms with E-state index < -0.39 is 6.61 Å². The second kappa shape index (κ2) is 8.77. The number of aromatic nitrogens is 6. The third-order valence-corrected chi connectivity index (χ3v) is 7.66. The second-order valence-corrected chi connectivity index (χ2v) is 9.93. The van der Waals surface area contributed by atoms with Gasteiger partial charge in [-0.2, -0.15) is 14.7 Å². The van der Waals surface area contributed by atoms with Crippen LogP contribution in [-0.4, -0.2) is 69.7 Å². The average molecular weight is 501 g/mol. The van der Waals surface area contributed by atoms with Gasteiger partial charge in [0.25, 0.3) is 0 Å². The molecule has 37 heavy (non-hydrogen) atoms. The molecule has 0 saturated carbocycles. The number of pyridine rings is 1. The molecule has 2 aliphatic heterocycles. The summed E-state index contributed by atoms with van der Waals surface area (Å²) in [6.45, 7) is 1.01. The molecule has 3 N–H and O–H groups in total. The van der Waals surface area contributed by atoms with Gasteiger partial charge in [0.15, 0.2) is 11.4 Å². The van der Waals surface area contributed by atoms with Crippen LogP contribution in [0.5, 0.6) is 0 Å². The number of nitrogens with zero attached hydrogens (tertiary/aromatic N) is 7. The average Bonchev–Trinajstić information content (AvgIpc) is 3.59. The molecule has 6 heterocycles. The molecule has 0 unspecified atom stereocenters. The number of amides is 1. The Morgan fingerprint density at radius 1 is 1.11 bits per heavy atom. The van der Waals surface area contributed by atoms with Crippen molar-refractivity contribution in [1.82, 2.24) is 34.3 Å². The van der Waals surface area contributed by atoms with Crippen molar-refractivity contribution in [3.63, 3.8) is 0 Å². The van der Waals surface area contributed by atoms with Crippen molar-refractivity contribution in [1.29, 1.82) is 0 Å². The molecule has 4 aromatic rings. The maximum absolute atomic E-state index is 12.7. The first-order chi connectivity index (χ1) is 17.9. The number of fused-ring (bicyclic) bond motifs is 3. The Kier molecular flexibility index (Phi) is 5.52. The fraction of sp³-hybridized carbons (Fsp3) is 0.385. The first-order valence-electron chi connectivity index (χ1n) is 12.4. The maximum atomic E-state index is 12.7. The van der Waals surface area contributed by atoms with Crippen LogP contribution in [0.4, 0.5) is 5.82 Å². The summed E-state index contributed by atoms with van der Waals surface area (Å²) < 4.78 is 3.24. The fourth-order valence-electron chi connectivity index (χ4n) is 6.04. The van der Waals surface area contributed by atoms with Gasteiger partial charge >= 0.3 is 0 Å². The van der Waals surface area contributed by atoms with Gasteiger partial charge in [-0.25, -0.2) is 4.98 Å². The smallest absolute Gasteiger partial charge is 0.248 e. The molecule has 0 spiro atoms. The van der Waals surface area contributed by atoms with Crippen LogP contribution in [0.3, 0.4) is 0 Å². The zero-order chi connectivity index (χ0) is 25.8. The van der Waals surface area contributed by atoms with E-state index in [1.807, 2.05) is 36.3 Å². The molecule has 6 rings (SSSR count).